The molecule has 0 bridgehead atoms. The van der Waals surface area contributed by atoms with Crippen LogP contribution in [-0.2, 0) is 0 Å². The van der Waals surface area contributed by atoms with Gasteiger partial charge in [0.2, 0.25) is 5.89 Å². The molecule has 2 aromatic carbocycles. The number of nitrogens with one attached hydrogen (secondary N) is 1. The summed E-state index contributed by atoms with van der Waals surface area (Å²) in [5.41, 5.74) is 6.56. The molecule has 2 heterocycles. The standard InChI is InChI=1S/C21H18N2O2S/c1-12-6-7-15(11-16(12)22-20(24)19-5-4-8-26-19)21-23-17-9-13(2)14(3)10-18(17)25-21/h4-11H,1-3H3,(H,22,24). The molecule has 130 valence electrons. The van der Waals surface area contributed by atoms with Crippen molar-refractivity contribution in [1.29, 1.82) is 0 Å². The predicted molar refractivity (Wildman–Crippen MR) is 106 cm³/mol. The molecule has 0 aliphatic carbocycles. The largest absolute Gasteiger partial charge is 0.436 e. The van der Waals surface area contributed by atoms with Crippen LogP contribution in [-0.4, -0.2) is 10.9 Å². The predicted octanol–water partition coefficient (Wildman–Crippen LogP) is 5.73. The lowest BCUT2D eigenvalue weighted by atomic mass is 10.1. The molecule has 0 aliphatic rings. The lowest BCUT2D eigenvalue weighted by molar-refractivity contribution is 0.103. The van der Waals surface area contributed by atoms with Crippen molar-refractivity contribution in [3.8, 4) is 11.5 Å². The minimum atomic E-state index is -0.107. The highest BCUT2D eigenvalue weighted by Gasteiger charge is 2.13. The van der Waals surface area contributed by atoms with Crippen molar-refractivity contribution < 1.29 is 9.21 Å². The van der Waals surface area contributed by atoms with Crippen LogP contribution in [0.15, 0.2) is 52.3 Å². The maximum absolute atomic E-state index is 12.4. The van der Waals surface area contributed by atoms with Gasteiger partial charge in [-0.25, -0.2) is 4.98 Å². The van der Waals surface area contributed by atoms with Crippen molar-refractivity contribution in [3.05, 3.63) is 69.4 Å². The smallest absolute Gasteiger partial charge is 0.265 e. The van der Waals surface area contributed by atoms with Crippen molar-refractivity contribution in [2.75, 3.05) is 5.32 Å². The number of rotatable bonds is 3. The second-order valence-corrected chi connectivity index (χ2v) is 7.33. The van der Waals surface area contributed by atoms with Crippen LogP contribution in [0.25, 0.3) is 22.6 Å². The number of amides is 1. The summed E-state index contributed by atoms with van der Waals surface area (Å²) >= 11 is 1.42. The third-order valence-electron chi connectivity index (χ3n) is 4.48. The second-order valence-electron chi connectivity index (χ2n) is 6.38. The second kappa shape index (κ2) is 6.42. The van der Waals surface area contributed by atoms with E-state index in [-0.39, 0.29) is 5.91 Å². The molecule has 1 amide bonds. The molecule has 0 atom stereocenters. The van der Waals surface area contributed by atoms with E-state index in [4.69, 9.17) is 4.42 Å². The lowest BCUT2D eigenvalue weighted by Gasteiger charge is -2.08. The molecule has 0 radical (unpaired) electrons. The first kappa shape index (κ1) is 16.5. The van der Waals surface area contributed by atoms with Crippen LogP contribution in [0.4, 0.5) is 5.69 Å². The Morgan fingerprint density at radius 1 is 1.04 bits per heavy atom. The fourth-order valence-corrected chi connectivity index (χ4v) is 3.40. The number of oxazole rings is 1. The first-order valence-electron chi connectivity index (χ1n) is 8.35. The quantitative estimate of drug-likeness (QED) is 0.506. The third kappa shape index (κ3) is 3.02. The van der Waals surface area contributed by atoms with Gasteiger partial charge in [0, 0.05) is 11.3 Å². The summed E-state index contributed by atoms with van der Waals surface area (Å²) in [7, 11) is 0. The third-order valence-corrected chi connectivity index (χ3v) is 5.35. The number of benzene rings is 2. The van der Waals surface area contributed by atoms with E-state index in [1.165, 1.54) is 22.5 Å². The number of nitrogens with zero attached hydrogens (tertiary/aromatic N) is 1. The molecular formula is C21H18N2O2S. The Balaban J connectivity index is 1.70. The van der Waals surface area contributed by atoms with Crippen LogP contribution < -0.4 is 5.32 Å². The Morgan fingerprint density at radius 2 is 1.85 bits per heavy atom. The summed E-state index contributed by atoms with van der Waals surface area (Å²) in [4.78, 5) is 17.6. The Labute approximate surface area is 155 Å². The minimum Gasteiger partial charge on any atom is -0.436 e. The van der Waals surface area contributed by atoms with Crippen molar-refractivity contribution >= 4 is 34.0 Å². The van der Waals surface area contributed by atoms with E-state index < -0.39 is 0 Å². The number of anilines is 1. The average Bonchev–Trinajstić information content (AvgIpc) is 3.27. The van der Waals surface area contributed by atoms with Crippen molar-refractivity contribution in [2.45, 2.75) is 20.8 Å². The van der Waals surface area contributed by atoms with Gasteiger partial charge in [0.15, 0.2) is 5.58 Å². The van der Waals surface area contributed by atoms with Crippen molar-refractivity contribution in [3.63, 3.8) is 0 Å². The zero-order valence-corrected chi connectivity index (χ0v) is 15.6. The number of thiophene rings is 1. The number of fused-ring (bicyclic) bond motifs is 1. The van der Waals surface area contributed by atoms with Gasteiger partial charge in [-0.2, -0.15) is 0 Å². The number of hydrogen-bond donors (Lipinski definition) is 1. The number of aromatic nitrogens is 1. The van der Waals surface area contributed by atoms with E-state index in [1.54, 1.807) is 0 Å². The van der Waals surface area contributed by atoms with Gasteiger partial charge in [0.1, 0.15) is 5.52 Å². The van der Waals surface area contributed by atoms with E-state index in [1.807, 2.05) is 54.8 Å². The molecular weight excluding hydrogens is 344 g/mol. The fraction of sp³-hybridized carbons (Fsp3) is 0.143. The van der Waals surface area contributed by atoms with E-state index in [0.29, 0.717) is 10.8 Å². The highest BCUT2D eigenvalue weighted by molar-refractivity contribution is 7.12. The number of aryl methyl sites for hydroxylation is 3. The molecule has 0 aliphatic heterocycles. The van der Waals surface area contributed by atoms with Gasteiger partial charge >= 0.3 is 0 Å². The van der Waals surface area contributed by atoms with Crippen LogP contribution in [0.3, 0.4) is 0 Å². The summed E-state index contributed by atoms with van der Waals surface area (Å²) in [6.45, 7) is 6.08. The average molecular weight is 362 g/mol. The summed E-state index contributed by atoms with van der Waals surface area (Å²) in [5, 5.41) is 4.87. The maximum Gasteiger partial charge on any atom is 0.265 e. The van der Waals surface area contributed by atoms with Crippen LogP contribution in [0.2, 0.25) is 0 Å². The summed E-state index contributed by atoms with van der Waals surface area (Å²) in [5.74, 6) is 0.445. The Kier molecular flexibility index (Phi) is 4.09. The Morgan fingerprint density at radius 3 is 2.62 bits per heavy atom. The van der Waals surface area contributed by atoms with E-state index >= 15 is 0 Å². The lowest BCUT2D eigenvalue weighted by Crippen LogP contribution is -2.11. The van der Waals surface area contributed by atoms with E-state index in [0.717, 1.165) is 27.9 Å². The Hall–Kier alpha value is -2.92. The van der Waals surface area contributed by atoms with Gasteiger partial charge in [-0.15, -0.1) is 11.3 Å². The number of hydrogen-bond acceptors (Lipinski definition) is 4. The normalized spacial score (nSPS) is 11.0. The van der Waals surface area contributed by atoms with Gasteiger partial charge in [-0.1, -0.05) is 12.1 Å². The van der Waals surface area contributed by atoms with Crippen LogP contribution in [0.5, 0.6) is 0 Å². The summed E-state index contributed by atoms with van der Waals surface area (Å²) in [6.07, 6.45) is 0. The molecule has 2 aromatic heterocycles. The van der Waals surface area contributed by atoms with Gasteiger partial charge in [0.25, 0.3) is 5.91 Å². The van der Waals surface area contributed by atoms with E-state index in [2.05, 4.69) is 24.1 Å². The zero-order chi connectivity index (χ0) is 18.3. The molecule has 4 aromatic rings. The molecule has 4 rings (SSSR count). The molecule has 26 heavy (non-hydrogen) atoms. The molecule has 0 saturated heterocycles. The van der Waals surface area contributed by atoms with Crippen molar-refractivity contribution in [2.24, 2.45) is 0 Å². The van der Waals surface area contributed by atoms with Gasteiger partial charge in [-0.3, -0.25) is 4.79 Å². The first-order chi connectivity index (χ1) is 12.5. The highest BCUT2D eigenvalue weighted by atomic mass is 32.1. The summed E-state index contributed by atoms with van der Waals surface area (Å²) < 4.78 is 5.94. The molecule has 0 spiro atoms. The number of carbonyl (C=O) groups is 1. The topological polar surface area (TPSA) is 55.1 Å². The summed E-state index contributed by atoms with van der Waals surface area (Å²) in [6, 6.07) is 13.5. The monoisotopic (exact) mass is 362 g/mol. The number of carbonyl (C=O) groups excluding carboxylic acids is 1. The van der Waals surface area contributed by atoms with Crippen LogP contribution >= 0.6 is 11.3 Å². The maximum atomic E-state index is 12.4. The SMILES string of the molecule is Cc1cc2nc(-c3ccc(C)c(NC(=O)c4cccs4)c3)oc2cc1C. The highest BCUT2D eigenvalue weighted by Crippen LogP contribution is 2.29. The molecule has 0 saturated carbocycles. The van der Waals surface area contributed by atoms with Gasteiger partial charge in [0.05, 0.1) is 4.88 Å². The molecule has 0 unspecified atom stereocenters. The van der Waals surface area contributed by atoms with Gasteiger partial charge in [-0.05, 0) is 73.2 Å². The van der Waals surface area contributed by atoms with Crippen molar-refractivity contribution in [1.82, 2.24) is 4.98 Å². The van der Waals surface area contributed by atoms with Crippen LogP contribution in [0, 0.1) is 20.8 Å². The zero-order valence-electron chi connectivity index (χ0n) is 14.8. The first-order valence-corrected chi connectivity index (χ1v) is 9.23. The fourth-order valence-electron chi connectivity index (χ4n) is 2.78. The van der Waals surface area contributed by atoms with Crippen LogP contribution in [0.1, 0.15) is 26.4 Å². The Bertz CT molecular complexity index is 1070. The molecule has 5 heteroatoms. The van der Waals surface area contributed by atoms with E-state index in [9.17, 15) is 4.79 Å². The van der Waals surface area contributed by atoms with Gasteiger partial charge < -0.3 is 9.73 Å². The molecule has 4 nitrogen and oxygen atoms in total. The molecule has 0 fully saturated rings. The minimum absolute atomic E-state index is 0.107. The molecule has 1 N–H and O–H groups in total.